The Morgan fingerprint density at radius 2 is 1.83 bits per heavy atom. The Morgan fingerprint density at radius 1 is 1.08 bits per heavy atom. The summed E-state index contributed by atoms with van der Waals surface area (Å²) < 4.78 is 11.2. The topological polar surface area (TPSA) is 76.7 Å². The summed E-state index contributed by atoms with van der Waals surface area (Å²) in [5, 5.41) is 0. The van der Waals surface area contributed by atoms with Crippen LogP contribution in [0.5, 0.6) is 11.5 Å². The number of rotatable bonds is 5. The van der Waals surface area contributed by atoms with Crippen molar-refractivity contribution in [2.75, 3.05) is 14.2 Å². The van der Waals surface area contributed by atoms with Crippen LogP contribution in [-0.2, 0) is 4.79 Å². The number of hydrogen-bond donors (Lipinski definition) is 2. The lowest BCUT2D eigenvalue weighted by molar-refractivity contribution is -0.117. The van der Waals surface area contributed by atoms with Crippen LogP contribution in [0.1, 0.15) is 15.2 Å². The summed E-state index contributed by atoms with van der Waals surface area (Å²) in [6.45, 7) is 0. The molecule has 0 aliphatic heterocycles. The first kappa shape index (κ1) is 18.0. The maximum absolute atomic E-state index is 11.8. The molecule has 1 aromatic heterocycles. The third kappa shape index (κ3) is 4.84. The lowest BCUT2D eigenvalue weighted by Crippen LogP contribution is -2.40. The molecule has 24 heavy (non-hydrogen) atoms. The summed E-state index contributed by atoms with van der Waals surface area (Å²) in [7, 11) is 3.09. The number of hydrogen-bond acceptors (Lipinski definition) is 5. The average molecular weight is 411 g/mol. The van der Waals surface area contributed by atoms with Crippen LogP contribution in [0.3, 0.4) is 0 Å². The van der Waals surface area contributed by atoms with Crippen molar-refractivity contribution in [1.82, 2.24) is 10.9 Å². The van der Waals surface area contributed by atoms with Crippen molar-refractivity contribution in [3.8, 4) is 11.5 Å². The van der Waals surface area contributed by atoms with Gasteiger partial charge in [0.25, 0.3) is 11.8 Å². The Kier molecular flexibility index (Phi) is 6.39. The molecule has 0 bridgehead atoms. The third-order valence-electron chi connectivity index (χ3n) is 2.93. The number of hydrazine groups is 1. The zero-order chi connectivity index (χ0) is 17.5. The van der Waals surface area contributed by atoms with E-state index in [9.17, 15) is 9.59 Å². The molecule has 6 nitrogen and oxygen atoms in total. The molecule has 8 heteroatoms. The summed E-state index contributed by atoms with van der Waals surface area (Å²) in [4.78, 5) is 24.1. The van der Waals surface area contributed by atoms with Gasteiger partial charge in [0.15, 0.2) is 11.5 Å². The molecule has 2 N–H and O–H groups in total. The minimum absolute atomic E-state index is 0.376. The molecule has 0 aliphatic carbocycles. The van der Waals surface area contributed by atoms with E-state index < -0.39 is 5.91 Å². The van der Waals surface area contributed by atoms with Crippen molar-refractivity contribution < 1.29 is 19.1 Å². The number of carbonyl (C=O) groups excluding carboxylic acids is 2. The molecule has 0 fully saturated rings. The van der Waals surface area contributed by atoms with E-state index in [0.29, 0.717) is 16.4 Å². The van der Waals surface area contributed by atoms with Gasteiger partial charge in [0.05, 0.1) is 22.9 Å². The van der Waals surface area contributed by atoms with Gasteiger partial charge in [-0.2, -0.15) is 0 Å². The predicted molar refractivity (Wildman–Crippen MR) is 96.2 cm³/mol. The number of methoxy groups -OCH3 is 2. The molecule has 0 aliphatic rings. The molecule has 1 heterocycles. The monoisotopic (exact) mass is 410 g/mol. The molecule has 0 radical (unpaired) electrons. The Labute approximate surface area is 151 Å². The molecule has 1 aromatic carbocycles. The van der Waals surface area contributed by atoms with Crippen molar-refractivity contribution in [3.63, 3.8) is 0 Å². The zero-order valence-electron chi connectivity index (χ0n) is 13.0. The number of halogens is 1. The van der Waals surface area contributed by atoms with Crippen LogP contribution in [0.4, 0.5) is 0 Å². The second kappa shape index (κ2) is 8.51. The number of benzene rings is 1. The number of ether oxygens (including phenoxy) is 2. The van der Waals surface area contributed by atoms with Gasteiger partial charge in [-0.05, 0) is 51.8 Å². The molecule has 126 valence electrons. The molecule has 2 aromatic rings. The van der Waals surface area contributed by atoms with Crippen molar-refractivity contribution >= 4 is 45.2 Å². The van der Waals surface area contributed by atoms with Crippen LogP contribution in [0, 0.1) is 0 Å². The molecule has 2 rings (SSSR count). The Hall–Kier alpha value is -2.32. The van der Waals surface area contributed by atoms with Gasteiger partial charge in [-0.3, -0.25) is 20.4 Å². The van der Waals surface area contributed by atoms with Gasteiger partial charge in [0, 0.05) is 6.08 Å². The highest BCUT2D eigenvalue weighted by atomic mass is 79.9. The lowest BCUT2D eigenvalue weighted by atomic mass is 10.2. The molecule has 0 unspecified atom stereocenters. The number of carbonyl (C=O) groups is 2. The minimum Gasteiger partial charge on any atom is -0.493 e. The van der Waals surface area contributed by atoms with Crippen LogP contribution in [-0.4, -0.2) is 26.0 Å². The van der Waals surface area contributed by atoms with Crippen molar-refractivity contribution in [3.05, 3.63) is 50.6 Å². The van der Waals surface area contributed by atoms with E-state index in [1.165, 1.54) is 24.5 Å². The van der Waals surface area contributed by atoms with E-state index >= 15 is 0 Å². The van der Waals surface area contributed by atoms with Gasteiger partial charge >= 0.3 is 0 Å². The highest BCUT2D eigenvalue weighted by Crippen LogP contribution is 2.27. The van der Waals surface area contributed by atoms with Crippen LogP contribution >= 0.6 is 27.3 Å². The lowest BCUT2D eigenvalue weighted by Gasteiger charge is -2.07. The molecule has 0 atom stereocenters. The fourth-order valence-electron chi connectivity index (χ4n) is 1.79. The number of nitrogens with one attached hydrogen (secondary N) is 2. The zero-order valence-corrected chi connectivity index (χ0v) is 15.4. The first-order chi connectivity index (χ1) is 11.5. The smallest absolute Gasteiger partial charge is 0.279 e. The second-order valence-electron chi connectivity index (χ2n) is 4.49. The molecule has 0 saturated carbocycles. The summed E-state index contributed by atoms with van der Waals surface area (Å²) >= 11 is 4.55. The van der Waals surface area contributed by atoms with E-state index in [-0.39, 0.29) is 5.91 Å². The average Bonchev–Trinajstić information content (AvgIpc) is 3.04. The Bertz CT molecular complexity index is 773. The van der Waals surface area contributed by atoms with Gasteiger partial charge in [-0.1, -0.05) is 6.07 Å². The predicted octanol–water partition coefficient (Wildman–Crippen LogP) is 3.00. The quantitative estimate of drug-likeness (QED) is 0.586. The van der Waals surface area contributed by atoms with Gasteiger partial charge in [0.2, 0.25) is 0 Å². The fraction of sp³-hybridized carbons (Fsp3) is 0.125. The number of amides is 2. The standard InChI is InChI=1S/C16H15BrN2O4S/c1-22-11-5-3-10(9-12(11)23-2)4-8-15(20)18-19-16(21)13-6-7-14(17)24-13/h3-9H,1-2H3,(H,18,20)(H,19,21)/b8-4+. The first-order valence-corrected chi connectivity index (χ1v) is 8.40. The first-order valence-electron chi connectivity index (χ1n) is 6.79. The minimum atomic E-state index is -0.450. The summed E-state index contributed by atoms with van der Waals surface area (Å²) in [6.07, 6.45) is 2.91. The van der Waals surface area contributed by atoms with Crippen molar-refractivity contribution in [2.45, 2.75) is 0 Å². The van der Waals surface area contributed by atoms with Crippen molar-refractivity contribution in [1.29, 1.82) is 0 Å². The highest BCUT2D eigenvalue weighted by molar-refractivity contribution is 9.11. The Balaban J connectivity index is 1.92. The van der Waals surface area contributed by atoms with Crippen LogP contribution in [0.15, 0.2) is 40.2 Å². The normalized spacial score (nSPS) is 10.5. The van der Waals surface area contributed by atoms with E-state index in [4.69, 9.17) is 9.47 Å². The number of thiophene rings is 1. The van der Waals surface area contributed by atoms with Gasteiger partial charge in [0.1, 0.15) is 0 Å². The van der Waals surface area contributed by atoms with E-state index in [1.54, 1.807) is 43.5 Å². The molecule has 0 spiro atoms. The summed E-state index contributed by atoms with van der Waals surface area (Å²) in [5.74, 6) is 0.345. The molecule has 2 amide bonds. The fourth-order valence-corrected chi connectivity index (χ4v) is 3.07. The maximum atomic E-state index is 11.8. The van der Waals surface area contributed by atoms with Crippen molar-refractivity contribution in [2.24, 2.45) is 0 Å². The molecular weight excluding hydrogens is 396 g/mol. The third-order valence-corrected chi connectivity index (χ3v) is 4.55. The Morgan fingerprint density at radius 3 is 2.46 bits per heavy atom. The molecular formula is C16H15BrN2O4S. The van der Waals surface area contributed by atoms with E-state index in [1.807, 2.05) is 0 Å². The second-order valence-corrected chi connectivity index (χ2v) is 6.96. The summed E-state index contributed by atoms with van der Waals surface area (Å²) in [5.41, 5.74) is 5.43. The van der Waals surface area contributed by atoms with Gasteiger partial charge < -0.3 is 9.47 Å². The van der Waals surface area contributed by atoms with Crippen LogP contribution in [0.2, 0.25) is 0 Å². The maximum Gasteiger partial charge on any atom is 0.279 e. The molecule has 0 saturated heterocycles. The van der Waals surface area contributed by atoms with Gasteiger partial charge in [-0.15, -0.1) is 11.3 Å². The van der Waals surface area contributed by atoms with E-state index in [0.717, 1.165) is 9.35 Å². The summed E-state index contributed by atoms with van der Waals surface area (Å²) in [6, 6.07) is 8.69. The van der Waals surface area contributed by atoms with Crippen LogP contribution < -0.4 is 20.3 Å². The van der Waals surface area contributed by atoms with Gasteiger partial charge in [-0.25, -0.2) is 0 Å². The largest absolute Gasteiger partial charge is 0.493 e. The van der Waals surface area contributed by atoms with Crippen LogP contribution in [0.25, 0.3) is 6.08 Å². The highest BCUT2D eigenvalue weighted by Gasteiger charge is 2.08. The van der Waals surface area contributed by atoms with E-state index in [2.05, 4.69) is 26.8 Å². The SMILES string of the molecule is COc1ccc(/C=C/C(=O)NNC(=O)c2ccc(Br)s2)cc1OC.